The predicted octanol–water partition coefficient (Wildman–Crippen LogP) is 1.85. The summed E-state index contributed by atoms with van der Waals surface area (Å²) in [7, 11) is 0. The van der Waals surface area contributed by atoms with Crippen LogP contribution in [0.1, 0.15) is 47.0 Å². The molecule has 6 atom stereocenters. The van der Waals surface area contributed by atoms with Crippen LogP contribution in [-0.2, 0) is 28.6 Å². The minimum atomic E-state index is -1.34. The van der Waals surface area contributed by atoms with Crippen molar-refractivity contribution >= 4 is 17.9 Å². The van der Waals surface area contributed by atoms with Gasteiger partial charge in [0.15, 0.2) is 0 Å². The molecule has 2 bridgehead atoms. The summed E-state index contributed by atoms with van der Waals surface area (Å²) in [5.41, 5.74) is -1.34. The van der Waals surface area contributed by atoms with Crippen molar-refractivity contribution in [3.8, 4) is 0 Å². The monoisotopic (exact) mass is 324 g/mol. The van der Waals surface area contributed by atoms with Crippen molar-refractivity contribution in [2.75, 3.05) is 0 Å². The molecule has 0 aromatic heterocycles. The van der Waals surface area contributed by atoms with Gasteiger partial charge in [0.2, 0.25) is 5.60 Å². The lowest BCUT2D eigenvalue weighted by Crippen LogP contribution is -2.45. The Kier molecular flexibility index (Phi) is 3.89. The molecular formula is C17H24O6. The van der Waals surface area contributed by atoms with Crippen LogP contribution < -0.4 is 0 Å². The Hall–Kier alpha value is -1.59. The average molecular weight is 324 g/mol. The first-order valence-corrected chi connectivity index (χ1v) is 8.39. The highest BCUT2D eigenvalue weighted by Crippen LogP contribution is 2.55. The van der Waals surface area contributed by atoms with Crippen molar-refractivity contribution in [2.45, 2.75) is 64.8 Å². The summed E-state index contributed by atoms with van der Waals surface area (Å²) in [5, 5.41) is 0. The number of esters is 3. The third-order valence-corrected chi connectivity index (χ3v) is 5.52. The zero-order valence-corrected chi connectivity index (χ0v) is 14.0. The largest absolute Gasteiger partial charge is 0.458 e. The molecule has 0 spiro atoms. The summed E-state index contributed by atoms with van der Waals surface area (Å²) >= 11 is 0. The van der Waals surface area contributed by atoms with Gasteiger partial charge in [0.1, 0.15) is 12.2 Å². The van der Waals surface area contributed by atoms with Gasteiger partial charge in [-0.2, -0.15) is 0 Å². The summed E-state index contributed by atoms with van der Waals surface area (Å²) in [4.78, 5) is 36.1. The lowest BCUT2D eigenvalue weighted by atomic mass is 9.88. The predicted molar refractivity (Wildman–Crippen MR) is 79.1 cm³/mol. The zero-order chi connectivity index (χ0) is 16.9. The van der Waals surface area contributed by atoms with Crippen molar-refractivity contribution in [1.29, 1.82) is 0 Å². The molecule has 3 aliphatic rings. The molecule has 6 unspecified atom stereocenters. The Bertz CT molecular complexity index is 539. The molecule has 0 amide bonds. The molecule has 6 heteroatoms. The molecule has 3 rings (SSSR count). The minimum absolute atomic E-state index is 0.0174. The number of carbonyl (C=O) groups is 3. The van der Waals surface area contributed by atoms with E-state index < -0.39 is 23.6 Å². The van der Waals surface area contributed by atoms with E-state index in [2.05, 4.69) is 0 Å². The van der Waals surface area contributed by atoms with Gasteiger partial charge >= 0.3 is 17.9 Å². The zero-order valence-electron chi connectivity index (χ0n) is 14.0. The van der Waals surface area contributed by atoms with Crippen molar-refractivity contribution in [1.82, 2.24) is 0 Å². The third kappa shape index (κ3) is 2.62. The van der Waals surface area contributed by atoms with E-state index in [4.69, 9.17) is 14.2 Å². The minimum Gasteiger partial charge on any atom is -0.458 e. The van der Waals surface area contributed by atoms with Crippen LogP contribution in [0.2, 0.25) is 0 Å². The van der Waals surface area contributed by atoms with Crippen molar-refractivity contribution < 1.29 is 28.6 Å². The molecule has 1 heterocycles. The lowest BCUT2D eigenvalue weighted by molar-refractivity contribution is -0.189. The van der Waals surface area contributed by atoms with E-state index >= 15 is 0 Å². The fourth-order valence-electron chi connectivity index (χ4n) is 3.89. The number of hydrogen-bond acceptors (Lipinski definition) is 6. The molecule has 2 saturated carbocycles. The fraction of sp³-hybridized carbons (Fsp3) is 0.824. The van der Waals surface area contributed by atoms with E-state index in [9.17, 15) is 14.4 Å². The smallest absolute Gasteiger partial charge is 0.350 e. The molecule has 6 nitrogen and oxygen atoms in total. The van der Waals surface area contributed by atoms with Crippen molar-refractivity contribution in [3.63, 3.8) is 0 Å². The second-order valence-electron chi connectivity index (χ2n) is 7.51. The molecular weight excluding hydrogens is 300 g/mol. The Labute approximate surface area is 135 Å². The molecule has 0 N–H and O–H groups in total. The number of ether oxygens (including phenoxy) is 3. The van der Waals surface area contributed by atoms with Crippen LogP contribution in [0.5, 0.6) is 0 Å². The standard InChI is InChI=1S/C17H24O6/c1-5-8(2)14(18)23-17(3,4)16(20)22-12-9-6-10-11(7-9)15(19)21-13(10)12/h8-13H,5-7H2,1-4H3. The molecule has 0 aromatic rings. The Morgan fingerprint density at radius 3 is 2.70 bits per heavy atom. The van der Waals surface area contributed by atoms with E-state index in [0.717, 1.165) is 12.8 Å². The summed E-state index contributed by atoms with van der Waals surface area (Å²) < 4.78 is 16.3. The van der Waals surface area contributed by atoms with Gasteiger partial charge in [0, 0.05) is 11.8 Å². The van der Waals surface area contributed by atoms with E-state index in [-0.39, 0.29) is 35.7 Å². The summed E-state index contributed by atoms with van der Waals surface area (Å²) in [6.07, 6.45) is 1.51. The van der Waals surface area contributed by atoms with Gasteiger partial charge in [-0.1, -0.05) is 13.8 Å². The first-order valence-electron chi connectivity index (χ1n) is 8.39. The van der Waals surface area contributed by atoms with Crippen LogP contribution in [0.4, 0.5) is 0 Å². The van der Waals surface area contributed by atoms with Crippen LogP contribution >= 0.6 is 0 Å². The molecule has 2 aliphatic carbocycles. The molecule has 23 heavy (non-hydrogen) atoms. The van der Waals surface area contributed by atoms with Gasteiger partial charge in [-0.05, 0) is 33.1 Å². The van der Waals surface area contributed by atoms with Crippen LogP contribution in [0.15, 0.2) is 0 Å². The van der Waals surface area contributed by atoms with Gasteiger partial charge in [-0.15, -0.1) is 0 Å². The molecule has 1 aliphatic heterocycles. The van der Waals surface area contributed by atoms with Crippen molar-refractivity contribution in [2.24, 2.45) is 23.7 Å². The van der Waals surface area contributed by atoms with E-state index in [0.29, 0.717) is 6.42 Å². The van der Waals surface area contributed by atoms with Gasteiger partial charge in [0.05, 0.1) is 11.8 Å². The van der Waals surface area contributed by atoms with E-state index in [1.165, 1.54) is 13.8 Å². The summed E-state index contributed by atoms with van der Waals surface area (Å²) in [6, 6.07) is 0. The van der Waals surface area contributed by atoms with Gasteiger partial charge < -0.3 is 14.2 Å². The van der Waals surface area contributed by atoms with Crippen molar-refractivity contribution in [3.05, 3.63) is 0 Å². The summed E-state index contributed by atoms with van der Waals surface area (Å²) in [6.45, 7) is 6.72. The third-order valence-electron chi connectivity index (χ3n) is 5.52. The highest BCUT2D eigenvalue weighted by Gasteiger charge is 2.63. The Morgan fingerprint density at radius 1 is 1.35 bits per heavy atom. The summed E-state index contributed by atoms with van der Waals surface area (Å²) in [5.74, 6) is -1.08. The highest BCUT2D eigenvalue weighted by molar-refractivity contribution is 5.83. The first-order chi connectivity index (χ1) is 10.7. The maximum atomic E-state index is 12.5. The number of fused-ring (bicyclic) bond motifs is 1. The molecule has 0 aromatic carbocycles. The second-order valence-corrected chi connectivity index (χ2v) is 7.51. The van der Waals surface area contributed by atoms with E-state index in [1.807, 2.05) is 6.92 Å². The van der Waals surface area contributed by atoms with Crippen LogP contribution in [-0.4, -0.2) is 35.7 Å². The number of rotatable bonds is 5. The second kappa shape index (κ2) is 5.49. The van der Waals surface area contributed by atoms with E-state index in [1.54, 1.807) is 6.92 Å². The van der Waals surface area contributed by atoms with Crippen LogP contribution in [0.25, 0.3) is 0 Å². The Balaban J connectivity index is 1.63. The van der Waals surface area contributed by atoms with Gasteiger partial charge in [-0.3, -0.25) is 9.59 Å². The lowest BCUT2D eigenvalue weighted by Gasteiger charge is -2.30. The normalized spacial score (nSPS) is 35.8. The van der Waals surface area contributed by atoms with Crippen LogP contribution in [0.3, 0.4) is 0 Å². The molecule has 0 radical (unpaired) electrons. The Morgan fingerprint density at radius 2 is 2.04 bits per heavy atom. The first kappa shape index (κ1) is 16.3. The quantitative estimate of drug-likeness (QED) is 0.567. The topological polar surface area (TPSA) is 78.9 Å². The maximum absolute atomic E-state index is 12.5. The number of hydrogen-bond donors (Lipinski definition) is 0. The van der Waals surface area contributed by atoms with Gasteiger partial charge in [0.25, 0.3) is 0 Å². The fourth-order valence-corrected chi connectivity index (χ4v) is 3.89. The average Bonchev–Trinajstić information content (AvgIpc) is 3.10. The molecule has 1 saturated heterocycles. The maximum Gasteiger partial charge on any atom is 0.350 e. The highest BCUT2D eigenvalue weighted by atomic mass is 16.6. The SMILES string of the molecule is CCC(C)C(=O)OC(C)(C)C(=O)OC1C2CC3C(=O)OC1C3C2. The van der Waals surface area contributed by atoms with Gasteiger partial charge in [-0.25, -0.2) is 4.79 Å². The van der Waals surface area contributed by atoms with Crippen LogP contribution in [0, 0.1) is 23.7 Å². The molecule has 3 fully saturated rings. The molecule has 128 valence electrons. The number of carbonyl (C=O) groups excluding carboxylic acids is 3.